The maximum Gasteiger partial charge on any atom is 0.354 e. The van der Waals surface area contributed by atoms with Crippen molar-refractivity contribution >= 4 is 5.78 Å². The Morgan fingerprint density at radius 1 is 1.33 bits per heavy atom. The van der Waals surface area contributed by atoms with Gasteiger partial charge in [0.15, 0.2) is 17.5 Å². The normalized spacial score (nSPS) is 43.3. The Morgan fingerprint density at radius 3 is 2.64 bits per heavy atom. The number of Topliss-reactive ketones (excluding diaryl/α,β-unsaturated/α-hetero) is 1. The summed E-state index contributed by atoms with van der Waals surface area (Å²) in [6, 6.07) is -0.0536. The molecule has 1 aromatic rings. The van der Waals surface area contributed by atoms with E-state index in [-0.39, 0.29) is 40.5 Å². The molecule has 1 spiro atoms. The minimum atomic E-state index is -2.02. The molecule has 8 heteroatoms. The summed E-state index contributed by atoms with van der Waals surface area (Å²) in [6.45, 7) is 11.5. The lowest BCUT2D eigenvalue weighted by Crippen LogP contribution is -2.66. The molecule has 1 aromatic heterocycles. The molecule has 2 fully saturated rings. The predicted octanol–water partition coefficient (Wildman–Crippen LogP) is 2.41. The second-order valence-electron chi connectivity index (χ2n) is 11.4. The molecule has 180 valence electrons. The molecule has 5 rings (SSSR count). The highest BCUT2D eigenvalue weighted by Gasteiger charge is 2.76. The fraction of sp³-hybridized carbons (Fsp3) is 0.720. The van der Waals surface area contributed by atoms with Crippen molar-refractivity contribution in [3.8, 4) is 6.01 Å². The Hall–Kier alpha value is -2.03. The first kappa shape index (κ1) is 22.7. The molecule has 33 heavy (non-hydrogen) atoms. The number of allylic oxidation sites excluding steroid dienone is 1. The number of carbonyl (C=O) groups is 1. The van der Waals surface area contributed by atoms with Crippen LogP contribution in [-0.4, -0.2) is 55.7 Å². The molecule has 4 aliphatic carbocycles. The molecule has 0 radical (unpaired) electrons. The summed E-state index contributed by atoms with van der Waals surface area (Å²) in [4.78, 5) is 18.6. The number of fused-ring (bicyclic) bond motifs is 3. The van der Waals surface area contributed by atoms with Gasteiger partial charge < -0.3 is 24.6 Å². The quantitative estimate of drug-likeness (QED) is 0.587. The van der Waals surface area contributed by atoms with Gasteiger partial charge in [-0.25, -0.2) is 0 Å². The first-order chi connectivity index (χ1) is 15.4. The lowest BCUT2D eigenvalue weighted by atomic mass is 9.59. The van der Waals surface area contributed by atoms with E-state index in [2.05, 4.69) is 24.0 Å². The predicted molar refractivity (Wildman–Crippen MR) is 118 cm³/mol. The van der Waals surface area contributed by atoms with Gasteiger partial charge in [0.25, 0.3) is 0 Å². The van der Waals surface area contributed by atoms with Crippen LogP contribution in [0.15, 0.2) is 27.8 Å². The third kappa shape index (κ3) is 2.71. The number of hydrogen-bond donors (Lipinski definition) is 3. The van der Waals surface area contributed by atoms with Crippen molar-refractivity contribution in [2.24, 2.45) is 34.5 Å². The Balaban J connectivity index is 1.65. The van der Waals surface area contributed by atoms with Crippen LogP contribution in [0.5, 0.6) is 6.01 Å². The Labute approximate surface area is 193 Å². The van der Waals surface area contributed by atoms with E-state index in [0.717, 1.165) is 6.42 Å². The molecule has 8 atom stereocenters. The molecule has 1 heterocycles. The molecule has 3 N–H and O–H groups in total. The van der Waals surface area contributed by atoms with Gasteiger partial charge in [0.2, 0.25) is 5.89 Å². The van der Waals surface area contributed by atoms with Crippen molar-refractivity contribution in [1.29, 1.82) is 0 Å². The zero-order chi connectivity index (χ0) is 24.1. The lowest BCUT2D eigenvalue weighted by Gasteiger charge is -2.48. The topological polar surface area (TPSA) is 126 Å². The molecule has 4 aliphatic rings. The minimum absolute atomic E-state index is 0.00353. The van der Waals surface area contributed by atoms with Crippen LogP contribution < -0.4 is 4.74 Å². The number of ether oxygens (including phenoxy) is 1. The van der Waals surface area contributed by atoms with Crippen LogP contribution in [-0.2, 0) is 4.79 Å². The van der Waals surface area contributed by atoms with Crippen LogP contribution in [0.1, 0.15) is 59.8 Å². The molecule has 0 saturated heterocycles. The number of rotatable bonds is 4. The highest BCUT2D eigenvalue weighted by molar-refractivity contribution is 5.95. The van der Waals surface area contributed by atoms with E-state index in [0.29, 0.717) is 17.4 Å². The van der Waals surface area contributed by atoms with Gasteiger partial charge >= 0.3 is 6.01 Å². The van der Waals surface area contributed by atoms with Crippen molar-refractivity contribution in [2.75, 3.05) is 6.61 Å². The van der Waals surface area contributed by atoms with Gasteiger partial charge in [-0.3, -0.25) is 4.79 Å². The van der Waals surface area contributed by atoms with Gasteiger partial charge in [-0.1, -0.05) is 46.8 Å². The fourth-order valence-electron chi connectivity index (χ4n) is 7.20. The number of aliphatic hydroxyl groups is 3. The second-order valence-corrected chi connectivity index (χ2v) is 11.4. The zero-order valence-corrected chi connectivity index (χ0v) is 20.1. The van der Waals surface area contributed by atoms with E-state index in [1.165, 1.54) is 0 Å². The van der Waals surface area contributed by atoms with E-state index in [1.807, 2.05) is 20.8 Å². The summed E-state index contributed by atoms with van der Waals surface area (Å²) in [5, 5.41) is 37.9. The van der Waals surface area contributed by atoms with E-state index in [4.69, 9.17) is 9.26 Å². The van der Waals surface area contributed by atoms with Crippen LogP contribution in [0.3, 0.4) is 0 Å². The molecule has 0 amide bonds. The molecule has 0 aliphatic heterocycles. The largest absolute Gasteiger partial charge is 0.450 e. The second kappa shape index (κ2) is 6.99. The summed E-state index contributed by atoms with van der Waals surface area (Å²) < 4.78 is 11.3. The van der Waals surface area contributed by atoms with Crippen molar-refractivity contribution in [3.63, 3.8) is 0 Å². The molecule has 8 nitrogen and oxygen atoms in total. The van der Waals surface area contributed by atoms with E-state index < -0.39 is 35.7 Å². The van der Waals surface area contributed by atoms with Gasteiger partial charge in [-0.2, -0.15) is 4.98 Å². The van der Waals surface area contributed by atoms with Crippen LogP contribution in [0.4, 0.5) is 0 Å². The maximum absolute atomic E-state index is 14.3. The van der Waals surface area contributed by atoms with E-state index in [1.54, 1.807) is 19.1 Å². The van der Waals surface area contributed by atoms with Gasteiger partial charge in [0, 0.05) is 11.8 Å². The standard InChI is InChI=1S/C25H34N2O6/c1-11(2)21-26-22(27-33-21)32-20-12(3)9-24-13(4)7-16-17(23(16,5)6)15(19(24)30)8-14(10-28)18(29)25(20,24)31/h8-9,11,13,15-18,20,28-29,31H,7,10H2,1-6H3/t13-,15+,16-,17+,18-,20+,24+,25+/m1/s1. The molecular formula is C25H34N2O6. The van der Waals surface area contributed by atoms with Crippen molar-refractivity contribution in [3.05, 3.63) is 29.2 Å². The molecule has 0 aromatic carbocycles. The highest BCUT2D eigenvalue weighted by Crippen LogP contribution is 2.71. The van der Waals surface area contributed by atoms with E-state index in [9.17, 15) is 20.1 Å². The molecular weight excluding hydrogens is 424 g/mol. The molecule has 2 saturated carbocycles. The molecule has 2 bridgehead atoms. The minimum Gasteiger partial charge on any atom is -0.450 e. The number of aliphatic hydroxyl groups excluding tert-OH is 2. The van der Waals surface area contributed by atoms with E-state index >= 15 is 0 Å². The smallest absolute Gasteiger partial charge is 0.354 e. The van der Waals surface area contributed by atoms with Gasteiger partial charge in [-0.15, -0.1) is 0 Å². The van der Waals surface area contributed by atoms with Crippen molar-refractivity contribution < 1.29 is 29.4 Å². The molecule has 0 unspecified atom stereocenters. The summed E-state index contributed by atoms with van der Waals surface area (Å²) in [5.41, 5.74) is -2.50. The summed E-state index contributed by atoms with van der Waals surface area (Å²) in [6.07, 6.45) is 1.70. The number of carbonyl (C=O) groups excluding carboxylic acids is 1. The number of nitrogens with zero attached hydrogens (tertiary/aromatic N) is 2. The number of ketones is 1. The zero-order valence-electron chi connectivity index (χ0n) is 20.1. The van der Waals surface area contributed by atoms with Crippen molar-refractivity contribution in [1.82, 2.24) is 10.1 Å². The average molecular weight is 459 g/mol. The van der Waals surface area contributed by atoms with Crippen LogP contribution >= 0.6 is 0 Å². The summed E-state index contributed by atoms with van der Waals surface area (Å²) >= 11 is 0. The Bertz CT molecular complexity index is 1060. The maximum atomic E-state index is 14.3. The lowest BCUT2D eigenvalue weighted by molar-refractivity contribution is -0.186. The average Bonchev–Trinajstić information content (AvgIpc) is 3.07. The van der Waals surface area contributed by atoms with Crippen LogP contribution in [0.2, 0.25) is 0 Å². The van der Waals surface area contributed by atoms with Crippen LogP contribution in [0, 0.1) is 34.5 Å². The van der Waals surface area contributed by atoms with Gasteiger partial charge in [0.1, 0.15) is 6.10 Å². The summed E-state index contributed by atoms with van der Waals surface area (Å²) in [5.74, 6) is -0.00391. The van der Waals surface area contributed by atoms with Crippen LogP contribution in [0.25, 0.3) is 0 Å². The highest BCUT2D eigenvalue weighted by atomic mass is 16.6. The Kier molecular flexibility index (Phi) is 4.82. The number of aromatic nitrogens is 2. The first-order valence-electron chi connectivity index (χ1n) is 11.9. The van der Waals surface area contributed by atoms with Crippen molar-refractivity contribution in [2.45, 2.75) is 71.7 Å². The SMILES string of the molecule is CC1=C[C@]23C(=O)[C@@H](C=C(CO)[C@@H](O)[C@]2(O)[C@H]1Oc1noc(C(C)C)n1)[C@H]1[C@@H](C[C@H]3C)C1(C)C. The third-order valence-corrected chi connectivity index (χ3v) is 9.04. The fourth-order valence-corrected chi connectivity index (χ4v) is 7.20. The van der Waals surface area contributed by atoms with Gasteiger partial charge in [-0.05, 0) is 52.8 Å². The third-order valence-electron chi connectivity index (χ3n) is 9.04. The first-order valence-corrected chi connectivity index (χ1v) is 11.9. The summed E-state index contributed by atoms with van der Waals surface area (Å²) in [7, 11) is 0. The monoisotopic (exact) mass is 458 g/mol. The Morgan fingerprint density at radius 2 is 2.03 bits per heavy atom. The number of hydrogen-bond acceptors (Lipinski definition) is 8. The van der Waals surface area contributed by atoms with Gasteiger partial charge in [0.05, 0.1) is 12.0 Å².